The van der Waals surface area contributed by atoms with Gasteiger partial charge in [-0.15, -0.1) is 11.3 Å². The summed E-state index contributed by atoms with van der Waals surface area (Å²) in [6, 6.07) is 2.15. The molecule has 0 spiro atoms. The molecular formula is C8H11IOSSi. The molecule has 0 aliphatic carbocycles. The molecule has 0 radical (unpaired) electrons. The Kier molecular flexibility index (Phi) is 3.11. The van der Waals surface area contributed by atoms with Crippen LogP contribution >= 0.6 is 33.9 Å². The minimum Gasteiger partial charge on any atom is -0.297 e. The highest BCUT2D eigenvalue weighted by molar-refractivity contribution is 14.1. The summed E-state index contributed by atoms with van der Waals surface area (Å²) in [5.74, 6) is 0. The summed E-state index contributed by atoms with van der Waals surface area (Å²) in [5.41, 5.74) is 0. The van der Waals surface area contributed by atoms with Crippen LogP contribution in [0.4, 0.5) is 0 Å². The third-order valence-electron chi connectivity index (χ3n) is 1.56. The molecule has 0 aliphatic heterocycles. The van der Waals surface area contributed by atoms with Gasteiger partial charge in [0, 0.05) is 3.57 Å². The summed E-state index contributed by atoms with van der Waals surface area (Å²) in [4.78, 5) is 11.5. The molecule has 4 heteroatoms. The summed E-state index contributed by atoms with van der Waals surface area (Å²) in [5, 5.41) is 0. The lowest BCUT2D eigenvalue weighted by molar-refractivity contribution is 0.112. The van der Waals surface area contributed by atoms with Gasteiger partial charge in [-0.3, -0.25) is 4.79 Å². The number of carbonyl (C=O) groups is 1. The summed E-state index contributed by atoms with van der Waals surface area (Å²) < 4.78 is 2.51. The first-order valence-corrected chi connectivity index (χ1v) is 9.09. The fraction of sp³-hybridized carbons (Fsp3) is 0.375. The molecule has 0 N–H and O–H groups in total. The molecule has 0 bridgehead atoms. The van der Waals surface area contributed by atoms with Gasteiger partial charge >= 0.3 is 0 Å². The number of rotatable bonds is 2. The van der Waals surface area contributed by atoms with Gasteiger partial charge in [-0.2, -0.15) is 0 Å². The number of thiophene rings is 1. The molecule has 0 saturated carbocycles. The Morgan fingerprint density at radius 3 is 2.33 bits per heavy atom. The Bertz CT molecular complexity index is 300. The van der Waals surface area contributed by atoms with Crippen LogP contribution in [0.25, 0.3) is 0 Å². The van der Waals surface area contributed by atoms with Crippen molar-refractivity contribution in [3.05, 3.63) is 14.5 Å². The normalized spacial score (nSPS) is 11.7. The van der Waals surface area contributed by atoms with E-state index in [1.165, 1.54) is 4.50 Å². The van der Waals surface area contributed by atoms with Crippen molar-refractivity contribution in [3.8, 4) is 0 Å². The second-order valence-electron chi connectivity index (χ2n) is 3.69. The Labute approximate surface area is 91.3 Å². The first kappa shape index (κ1) is 10.4. The monoisotopic (exact) mass is 310 g/mol. The molecule has 0 fully saturated rings. The second-order valence-corrected chi connectivity index (χ2v) is 11.3. The van der Waals surface area contributed by atoms with Gasteiger partial charge < -0.3 is 0 Å². The highest BCUT2D eigenvalue weighted by atomic mass is 127. The lowest BCUT2D eigenvalue weighted by atomic mass is 10.5. The molecule has 12 heavy (non-hydrogen) atoms. The van der Waals surface area contributed by atoms with E-state index < -0.39 is 8.07 Å². The number of hydrogen-bond donors (Lipinski definition) is 0. The van der Waals surface area contributed by atoms with Crippen LogP contribution in [-0.2, 0) is 0 Å². The first-order chi connectivity index (χ1) is 5.45. The molecule has 1 aromatic rings. The molecule has 0 unspecified atom stereocenters. The quantitative estimate of drug-likeness (QED) is 0.466. The van der Waals surface area contributed by atoms with E-state index in [1.54, 1.807) is 11.3 Å². The van der Waals surface area contributed by atoms with E-state index in [4.69, 9.17) is 0 Å². The van der Waals surface area contributed by atoms with Crippen molar-refractivity contribution in [1.82, 2.24) is 0 Å². The van der Waals surface area contributed by atoms with Crippen molar-refractivity contribution in [3.63, 3.8) is 0 Å². The van der Waals surface area contributed by atoms with Crippen LogP contribution in [0.15, 0.2) is 6.07 Å². The topological polar surface area (TPSA) is 17.1 Å². The molecule has 0 saturated heterocycles. The third-order valence-corrected chi connectivity index (χ3v) is 7.46. The first-order valence-electron chi connectivity index (χ1n) is 3.70. The Morgan fingerprint density at radius 2 is 2.08 bits per heavy atom. The minimum atomic E-state index is -1.21. The van der Waals surface area contributed by atoms with Gasteiger partial charge in [0.2, 0.25) is 0 Å². The Morgan fingerprint density at radius 1 is 1.50 bits per heavy atom. The van der Waals surface area contributed by atoms with Crippen molar-refractivity contribution in [1.29, 1.82) is 0 Å². The predicted octanol–water partition coefficient (Wildman–Crippen LogP) is 2.71. The fourth-order valence-electron chi connectivity index (χ4n) is 0.833. The maximum atomic E-state index is 10.6. The van der Waals surface area contributed by atoms with E-state index >= 15 is 0 Å². The molecule has 1 aromatic heterocycles. The summed E-state index contributed by atoms with van der Waals surface area (Å²) in [6.45, 7) is 6.89. The molecule has 0 aliphatic rings. The smallest absolute Gasteiger partial charge is 0.161 e. The summed E-state index contributed by atoms with van der Waals surface area (Å²) in [6.07, 6.45) is 0.954. The zero-order chi connectivity index (χ0) is 9.35. The maximum absolute atomic E-state index is 10.6. The lowest BCUT2D eigenvalue weighted by Crippen LogP contribution is -2.34. The highest BCUT2D eigenvalue weighted by Gasteiger charge is 2.20. The summed E-state index contributed by atoms with van der Waals surface area (Å²) in [7, 11) is -1.21. The van der Waals surface area contributed by atoms with Gasteiger partial charge in [0.1, 0.15) is 0 Å². The third kappa shape index (κ3) is 2.17. The summed E-state index contributed by atoms with van der Waals surface area (Å²) >= 11 is 3.88. The molecule has 1 heterocycles. The van der Waals surface area contributed by atoms with Crippen LogP contribution in [-0.4, -0.2) is 14.4 Å². The fourth-order valence-corrected chi connectivity index (χ4v) is 4.86. The second kappa shape index (κ2) is 3.59. The van der Waals surface area contributed by atoms with Gasteiger partial charge in [-0.25, -0.2) is 0 Å². The number of halogens is 1. The Balaban J connectivity index is 3.13. The molecule has 0 aromatic carbocycles. The molecule has 1 rings (SSSR count). The van der Waals surface area contributed by atoms with E-state index in [-0.39, 0.29) is 0 Å². The van der Waals surface area contributed by atoms with Crippen LogP contribution in [0.1, 0.15) is 9.67 Å². The largest absolute Gasteiger partial charge is 0.297 e. The Hall–Kier alpha value is 0.317. The van der Waals surface area contributed by atoms with Crippen LogP contribution in [0.2, 0.25) is 19.6 Å². The molecule has 1 nitrogen and oxygen atoms in total. The molecule has 66 valence electrons. The maximum Gasteiger partial charge on any atom is 0.161 e. The van der Waals surface area contributed by atoms with E-state index in [2.05, 4.69) is 48.3 Å². The van der Waals surface area contributed by atoms with Gasteiger partial charge in [0.05, 0.1) is 13.0 Å². The van der Waals surface area contributed by atoms with Crippen molar-refractivity contribution < 1.29 is 4.79 Å². The zero-order valence-electron chi connectivity index (χ0n) is 7.35. The average Bonchev–Trinajstić information content (AvgIpc) is 2.29. The molecular weight excluding hydrogens is 299 g/mol. The van der Waals surface area contributed by atoms with Gasteiger partial charge in [-0.05, 0) is 33.2 Å². The van der Waals surface area contributed by atoms with Gasteiger partial charge in [-0.1, -0.05) is 19.6 Å². The SMILES string of the molecule is C[Si](C)(C)c1cc(I)c(C=O)s1. The van der Waals surface area contributed by atoms with Crippen molar-refractivity contribution >= 4 is 52.8 Å². The van der Waals surface area contributed by atoms with Crippen LogP contribution < -0.4 is 4.50 Å². The van der Waals surface area contributed by atoms with Crippen LogP contribution in [0, 0.1) is 3.57 Å². The number of hydrogen-bond acceptors (Lipinski definition) is 2. The minimum absolute atomic E-state index is 0.882. The molecule has 0 amide bonds. The number of aldehydes is 1. The van der Waals surface area contributed by atoms with E-state index in [9.17, 15) is 4.79 Å². The van der Waals surface area contributed by atoms with Gasteiger partial charge in [0.25, 0.3) is 0 Å². The van der Waals surface area contributed by atoms with Crippen molar-refractivity contribution in [2.75, 3.05) is 0 Å². The average molecular weight is 310 g/mol. The predicted molar refractivity (Wildman–Crippen MR) is 65.4 cm³/mol. The van der Waals surface area contributed by atoms with Crippen molar-refractivity contribution in [2.45, 2.75) is 19.6 Å². The van der Waals surface area contributed by atoms with E-state index in [0.717, 1.165) is 14.7 Å². The van der Waals surface area contributed by atoms with Crippen LogP contribution in [0.3, 0.4) is 0 Å². The highest BCUT2D eigenvalue weighted by Crippen LogP contribution is 2.18. The zero-order valence-corrected chi connectivity index (χ0v) is 11.3. The van der Waals surface area contributed by atoms with Gasteiger partial charge in [0.15, 0.2) is 6.29 Å². The lowest BCUT2D eigenvalue weighted by Gasteiger charge is -2.11. The van der Waals surface area contributed by atoms with Crippen molar-refractivity contribution in [2.24, 2.45) is 0 Å². The van der Waals surface area contributed by atoms with E-state index in [1.807, 2.05) is 0 Å². The van der Waals surface area contributed by atoms with Crippen LogP contribution in [0.5, 0.6) is 0 Å². The molecule has 0 atom stereocenters. The van der Waals surface area contributed by atoms with E-state index in [0.29, 0.717) is 0 Å². The number of carbonyl (C=O) groups excluding carboxylic acids is 1. The standard InChI is InChI=1S/C8H11IOSSi/c1-12(2,3)8-4-6(9)7(5-10)11-8/h4-5H,1-3H3.